The van der Waals surface area contributed by atoms with Gasteiger partial charge in [0.1, 0.15) is 0 Å². The van der Waals surface area contributed by atoms with Crippen LogP contribution in [-0.4, -0.2) is 29.9 Å². The minimum absolute atomic E-state index is 0.609. The predicted molar refractivity (Wildman–Crippen MR) is 100 cm³/mol. The second kappa shape index (κ2) is 7.43. The number of rotatable bonds is 6. The van der Waals surface area contributed by atoms with E-state index in [-0.39, 0.29) is 0 Å². The minimum atomic E-state index is 0.609. The van der Waals surface area contributed by atoms with Crippen LogP contribution in [0.1, 0.15) is 12.6 Å². The number of anilines is 1. The van der Waals surface area contributed by atoms with Gasteiger partial charge in [-0.05, 0) is 36.8 Å². The van der Waals surface area contributed by atoms with Crippen molar-refractivity contribution in [2.75, 3.05) is 25.6 Å². The monoisotopic (exact) mass is 363 g/mol. The fraction of sp³-hybridized carbons (Fsp3) is 0.278. The molecule has 0 aliphatic heterocycles. The first kappa shape index (κ1) is 17.1. The molecule has 3 rings (SSSR count). The summed E-state index contributed by atoms with van der Waals surface area (Å²) >= 11 is 12.4. The maximum atomic E-state index is 6.39. The number of aromatic nitrogens is 2. The molecule has 6 heteroatoms. The molecule has 0 unspecified atom stereocenters. The van der Waals surface area contributed by atoms with Crippen molar-refractivity contribution in [3.05, 3.63) is 52.1 Å². The second-order valence-corrected chi connectivity index (χ2v) is 6.27. The van der Waals surface area contributed by atoms with E-state index in [4.69, 9.17) is 33.0 Å². The molecule has 4 nitrogen and oxygen atoms in total. The third kappa shape index (κ3) is 3.22. The summed E-state index contributed by atoms with van der Waals surface area (Å²) in [5.41, 5.74) is 4.92. The van der Waals surface area contributed by atoms with E-state index in [0.29, 0.717) is 16.7 Å². The summed E-state index contributed by atoms with van der Waals surface area (Å²) in [6, 6.07) is 11.6. The largest absolute Gasteiger partial charge is 0.383 e. The molecule has 3 aromatic rings. The molecule has 1 N–H and O–H groups in total. The molecule has 0 spiro atoms. The van der Waals surface area contributed by atoms with Crippen molar-refractivity contribution in [2.45, 2.75) is 13.3 Å². The lowest BCUT2D eigenvalue weighted by molar-refractivity contribution is 0.211. The topological polar surface area (TPSA) is 38.6 Å². The molecule has 0 bridgehead atoms. The van der Waals surface area contributed by atoms with E-state index in [2.05, 4.69) is 18.3 Å². The SMILES string of the molecule is CCc1nn2c(-c3ccc(Cl)cc3Cl)cccc2c1NCCOC. The standard InChI is InChI=1S/C18H19Cl2N3O/c1-3-15-18(21-9-10-24-2)17-6-4-5-16(23(17)22-15)13-8-7-12(19)11-14(13)20/h4-8,11,21H,3,9-10H2,1-2H3. The third-order valence-corrected chi connectivity index (χ3v) is 4.43. The van der Waals surface area contributed by atoms with Crippen LogP contribution in [-0.2, 0) is 11.2 Å². The zero-order valence-electron chi connectivity index (χ0n) is 13.6. The number of aryl methyl sites for hydroxylation is 1. The van der Waals surface area contributed by atoms with Crippen LogP contribution < -0.4 is 5.32 Å². The highest BCUT2D eigenvalue weighted by molar-refractivity contribution is 6.36. The first-order valence-electron chi connectivity index (χ1n) is 7.84. The number of pyridine rings is 1. The molecule has 0 aliphatic rings. The van der Waals surface area contributed by atoms with Gasteiger partial charge in [0.05, 0.1) is 34.2 Å². The van der Waals surface area contributed by atoms with Gasteiger partial charge in [-0.15, -0.1) is 0 Å². The average Bonchev–Trinajstić information content (AvgIpc) is 2.93. The van der Waals surface area contributed by atoms with E-state index in [1.165, 1.54) is 0 Å². The van der Waals surface area contributed by atoms with Crippen molar-refractivity contribution in [2.24, 2.45) is 0 Å². The minimum Gasteiger partial charge on any atom is -0.383 e. The van der Waals surface area contributed by atoms with Crippen LogP contribution in [0.2, 0.25) is 10.0 Å². The van der Waals surface area contributed by atoms with Crippen LogP contribution in [0.4, 0.5) is 5.69 Å². The quantitative estimate of drug-likeness (QED) is 0.631. The highest BCUT2D eigenvalue weighted by Crippen LogP contribution is 2.33. The predicted octanol–water partition coefficient (Wildman–Crippen LogP) is 4.93. The van der Waals surface area contributed by atoms with Crippen LogP contribution in [0.5, 0.6) is 0 Å². The summed E-state index contributed by atoms with van der Waals surface area (Å²) in [5, 5.41) is 9.43. The number of nitrogens with zero attached hydrogens (tertiary/aromatic N) is 2. The van der Waals surface area contributed by atoms with Gasteiger partial charge in [-0.3, -0.25) is 0 Å². The fourth-order valence-corrected chi connectivity index (χ4v) is 3.24. The van der Waals surface area contributed by atoms with Gasteiger partial charge in [0.2, 0.25) is 0 Å². The Morgan fingerprint density at radius 1 is 1.21 bits per heavy atom. The molecule has 1 aromatic carbocycles. The van der Waals surface area contributed by atoms with Gasteiger partial charge in [-0.25, -0.2) is 4.52 Å². The zero-order valence-corrected chi connectivity index (χ0v) is 15.2. The summed E-state index contributed by atoms with van der Waals surface area (Å²) in [6.45, 7) is 3.47. The van der Waals surface area contributed by atoms with E-state index in [1.54, 1.807) is 13.2 Å². The Bertz CT molecular complexity index is 861. The zero-order chi connectivity index (χ0) is 17.1. The summed E-state index contributed by atoms with van der Waals surface area (Å²) in [5.74, 6) is 0. The Morgan fingerprint density at radius 2 is 2.04 bits per heavy atom. The lowest BCUT2D eigenvalue weighted by Gasteiger charge is -2.09. The maximum absolute atomic E-state index is 6.39. The lowest BCUT2D eigenvalue weighted by atomic mass is 10.1. The normalized spacial score (nSPS) is 11.2. The Morgan fingerprint density at radius 3 is 2.75 bits per heavy atom. The van der Waals surface area contributed by atoms with Gasteiger partial charge >= 0.3 is 0 Å². The number of hydrogen-bond donors (Lipinski definition) is 1. The molecule has 126 valence electrons. The van der Waals surface area contributed by atoms with Crippen LogP contribution >= 0.6 is 23.2 Å². The number of hydrogen-bond acceptors (Lipinski definition) is 3. The molecule has 2 aromatic heterocycles. The van der Waals surface area contributed by atoms with Crippen molar-refractivity contribution in [1.82, 2.24) is 9.61 Å². The van der Waals surface area contributed by atoms with Gasteiger partial charge in [-0.1, -0.05) is 36.2 Å². The van der Waals surface area contributed by atoms with Gasteiger partial charge in [0.25, 0.3) is 0 Å². The number of ether oxygens (including phenoxy) is 1. The Kier molecular flexibility index (Phi) is 5.29. The van der Waals surface area contributed by atoms with Gasteiger partial charge in [0.15, 0.2) is 0 Å². The van der Waals surface area contributed by atoms with E-state index in [1.807, 2.05) is 28.8 Å². The molecular weight excluding hydrogens is 345 g/mol. The second-order valence-electron chi connectivity index (χ2n) is 5.43. The van der Waals surface area contributed by atoms with E-state index >= 15 is 0 Å². The number of fused-ring (bicyclic) bond motifs is 1. The number of nitrogens with one attached hydrogen (secondary N) is 1. The fourth-order valence-electron chi connectivity index (χ4n) is 2.74. The van der Waals surface area contributed by atoms with Gasteiger partial charge in [-0.2, -0.15) is 5.10 Å². The van der Waals surface area contributed by atoms with E-state index in [9.17, 15) is 0 Å². The molecular formula is C18H19Cl2N3O. The average molecular weight is 364 g/mol. The summed E-state index contributed by atoms with van der Waals surface area (Å²) in [7, 11) is 1.69. The summed E-state index contributed by atoms with van der Waals surface area (Å²) < 4.78 is 7.06. The van der Waals surface area contributed by atoms with Crippen molar-refractivity contribution in [1.29, 1.82) is 0 Å². The van der Waals surface area contributed by atoms with Gasteiger partial charge < -0.3 is 10.1 Å². The highest BCUT2D eigenvalue weighted by Gasteiger charge is 2.15. The molecule has 24 heavy (non-hydrogen) atoms. The number of halogens is 2. The van der Waals surface area contributed by atoms with E-state index < -0.39 is 0 Å². The molecule has 0 atom stereocenters. The Balaban J connectivity index is 2.13. The smallest absolute Gasteiger partial charge is 0.0903 e. The maximum Gasteiger partial charge on any atom is 0.0903 e. The van der Waals surface area contributed by atoms with Crippen molar-refractivity contribution in [3.63, 3.8) is 0 Å². The van der Waals surface area contributed by atoms with Crippen LogP contribution in [0, 0.1) is 0 Å². The van der Waals surface area contributed by atoms with Crippen LogP contribution in [0.25, 0.3) is 16.8 Å². The lowest BCUT2D eigenvalue weighted by Crippen LogP contribution is -2.08. The van der Waals surface area contributed by atoms with E-state index in [0.717, 1.165) is 41.1 Å². The van der Waals surface area contributed by atoms with Crippen LogP contribution in [0.15, 0.2) is 36.4 Å². The Labute approximate surface area is 151 Å². The molecule has 0 amide bonds. The first-order valence-corrected chi connectivity index (χ1v) is 8.60. The van der Waals surface area contributed by atoms with Crippen LogP contribution in [0.3, 0.4) is 0 Å². The van der Waals surface area contributed by atoms with Gasteiger partial charge in [0, 0.05) is 24.2 Å². The first-order chi connectivity index (χ1) is 11.7. The van der Waals surface area contributed by atoms with Crippen molar-refractivity contribution in [3.8, 4) is 11.3 Å². The molecule has 0 radical (unpaired) electrons. The summed E-state index contributed by atoms with van der Waals surface area (Å²) in [4.78, 5) is 0. The van der Waals surface area contributed by atoms with Crippen molar-refractivity contribution < 1.29 is 4.74 Å². The molecule has 2 heterocycles. The molecule has 0 saturated carbocycles. The number of methoxy groups -OCH3 is 1. The molecule has 0 aliphatic carbocycles. The molecule has 0 saturated heterocycles. The Hall–Kier alpha value is -1.75. The number of benzene rings is 1. The highest BCUT2D eigenvalue weighted by atomic mass is 35.5. The third-order valence-electron chi connectivity index (χ3n) is 3.88. The molecule has 0 fully saturated rings. The van der Waals surface area contributed by atoms with Crippen molar-refractivity contribution >= 4 is 34.4 Å². The summed E-state index contributed by atoms with van der Waals surface area (Å²) in [6.07, 6.45) is 0.838.